The standard InChI is InChI=1S/C16H20N2O3/c1-2-17-7-9-18(10-8-17)15(19)11-14-12-5-3-4-6-13(12)16(20)21-14/h3-6,14H,2,7-11H2,1H3/t14-/m1/s1. The monoisotopic (exact) mass is 288 g/mol. The Hall–Kier alpha value is -1.88. The highest BCUT2D eigenvalue weighted by atomic mass is 16.5. The van der Waals surface area contributed by atoms with Crippen molar-refractivity contribution in [2.75, 3.05) is 32.7 Å². The van der Waals surface area contributed by atoms with E-state index in [1.807, 2.05) is 23.1 Å². The Kier molecular flexibility index (Phi) is 3.92. The molecule has 0 unspecified atom stereocenters. The summed E-state index contributed by atoms with van der Waals surface area (Å²) in [7, 11) is 0. The van der Waals surface area contributed by atoms with Crippen molar-refractivity contribution in [1.29, 1.82) is 0 Å². The molecule has 0 spiro atoms. The van der Waals surface area contributed by atoms with Gasteiger partial charge in [-0.2, -0.15) is 0 Å². The van der Waals surface area contributed by atoms with Crippen LogP contribution in [0.2, 0.25) is 0 Å². The summed E-state index contributed by atoms with van der Waals surface area (Å²) in [6.45, 7) is 6.51. The first-order chi connectivity index (χ1) is 10.2. The zero-order valence-electron chi connectivity index (χ0n) is 12.2. The van der Waals surface area contributed by atoms with Crippen molar-refractivity contribution in [1.82, 2.24) is 9.80 Å². The molecule has 0 aromatic heterocycles. The van der Waals surface area contributed by atoms with Crippen molar-refractivity contribution in [2.24, 2.45) is 0 Å². The summed E-state index contributed by atoms with van der Waals surface area (Å²) in [6, 6.07) is 7.31. The Morgan fingerprint density at radius 3 is 2.67 bits per heavy atom. The number of fused-ring (bicyclic) bond motifs is 1. The normalized spacial score (nSPS) is 22.0. The van der Waals surface area contributed by atoms with Gasteiger partial charge in [0.25, 0.3) is 0 Å². The molecule has 1 aromatic carbocycles. The fourth-order valence-corrected chi connectivity index (χ4v) is 2.97. The first-order valence-corrected chi connectivity index (χ1v) is 7.49. The van der Waals surface area contributed by atoms with Crippen molar-refractivity contribution >= 4 is 11.9 Å². The molecular weight excluding hydrogens is 268 g/mol. The summed E-state index contributed by atoms with van der Waals surface area (Å²) in [5.41, 5.74) is 1.43. The van der Waals surface area contributed by atoms with Crippen LogP contribution in [0.1, 0.15) is 35.4 Å². The van der Waals surface area contributed by atoms with E-state index in [4.69, 9.17) is 4.74 Å². The summed E-state index contributed by atoms with van der Waals surface area (Å²) in [5.74, 6) is -0.251. The van der Waals surface area contributed by atoms with Crippen LogP contribution in [0, 0.1) is 0 Å². The maximum Gasteiger partial charge on any atom is 0.339 e. The number of ether oxygens (including phenoxy) is 1. The van der Waals surface area contributed by atoms with Gasteiger partial charge in [-0.05, 0) is 12.6 Å². The highest BCUT2D eigenvalue weighted by Crippen LogP contribution is 2.33. The topological polar surface area (TPSA) is 49.9 Å². The molecule has 1 amide bonds. The molecule has 0 bridgehead atoms. The minimum absolute atomic E-state index is 0.0697. The summed E-state index contributed by atoms with van der Waals surface area (Å²) < 4.78 is 5.34. The molecular formula is C16H20N2O3. The third kappa shape index (κ3) is 2.78. The number of piperazine rings is 1. The highest BCUT2D eigenvalue weighted by Gasteiger charge is 2.33. The predicted octanol–water partition coefficient (Wildman–Crippen LogP) is 1.45. The summed E-state index contributed by atoms with van der Waals surface area (Å²) in [6.07, 6.45) is -0.181. The van der Waals surface area contributed by atoms with E-state index in [-0.39, 0.29) is 18.3 Å². The molecule has 1 fully saturated rings. The number of likely N-dealkylation sites (N-methyl/N-ethyl adjacent to an activating group) is 1. The zero-order valence-corrected chi connectivity index (χ0v) is 12.2. The fourth-order valence-electron chi connectivity index (χ4n) is 2.97. The molecule has 1 aromatic rings. The molecule has 112 valence electrons. The molecule has 2 aliphatic rings. The predicted molar refractivity (Wildman–Crippen MR) is 77.9 cm³/mol. The molecule has 2 aliphatic heterocycles. The van der Waals surface area contributed by atoms with E-state index >= 15 is 0 Å². The first-order valence-electron chi connectivity index (χ1n) is 7.49. The molecule has 0 aliphatic carbocycles. The molecule has 5 heteroatoms. The van der Waals surface area contributed by atoms with Gasteiger partial charge in [-0.1, -0.05) is 25.1 Å². The molecule has 2 heterocycles. The van der Waals surface area contributed by atoms with Gasteiger partial charge in [0.2, 0.25) is 5.91 Å². The molecule has 5 nitrogen and oxygen atoms in total. The molecule has 1 atom stereocenters. The fraction of sp³-hybridized carbons (Fsp3) is 0.500. The van der Waals surface area contributed by atoms with E-state index in [2.05, 4.69) is 11.8 Å². The van der Waals surface area contributed by atoms with E-state index < -0.39 is 6.10 Å². The van der Waals surface area contributed by atoms with Crippen LogP contribution >= 0.6 is 0 Å². The summed E-state index contributed by atoms with van der Waals surface area (Å²) >= 11 is 0. The minimum atomic E-state index is -0.426. The van der Waals surface area contributed by atoms with Crippen LogP contribution in [0.5, 0.6) is 0 Å². The van der Waals surface area contributed by atoms with Gasteiger partial charge in [0.1, 0.15) is 6.10 Å². The van der Waals surface area contributed by atoms with Crippen molar-refractivity contribution in [3.63, 3.8) is 0 Å². The van der Waals surface area contributed by atoms with E-state index in [0.29, 0.717) is 5.56 Å². The lowest BCUT2D eigenvalue weighted by Crippen LogP contribution is -2.48. The van der Waals surface area contributed by atoms with Gasteiger partial charge in [0.15, 0.2) is 0 Å². The van der Waals surface area contributed by atoms with Gasteiger partial charge in [0.05, 0.1) is 12.0 Å². The summed E-state index contributed by atoms with van der Waals surface area (Å²) in [5, 5.41) is 0. The Bertz CT molecular complexity index is 550. The Morgan fingerprint density at radius 2 is 1.95 bits per heavy atom. The van der Waals surface area contributed by atoms with Gasteiger partial charge in [-0.3, -0.25) is 4.79 Å². The van der Waals surface area contributed by atoms with E-state index in [1.165, 1.54) is 0 Å². The van der Waals surface area contributed by atoms with Crippen LogP contribution in [0.25, 0.3) is 0 Å². The third-order valence-electron chi connectivity index (χ3n) is 4.31. The van der Waals surface area contributed by atoms with Crippen molar-refractivity contribution in [2.45, 2.75) is 19.4 Å². The summed E-state index contributed by atoms with van der Waals surface area (Å²) in [4.78, 5) is 28.3. The number of carbonyl (C=O) groups is 2. The SMILES string of the molecule is CCN1CCN(C(=O)C[C@H]2OC(=O)c3ccccc32)CC1. The van der Waals surface area contributed by atoms with Crippen LogP contribution in [-0.2, 0) is 9.53 Å². The lowest BCUT2D eigenvalue weighted by molar-refractivity contribution is -0.135. The lowest BCUT2D eigenvalue weighted by atomic mass is 10.0. The van der Waals surface area contributed by atoms with Crippen molar-refractivity contribution in [3.05, 3.63) is 35.4 Å². The average Bonchev–Trinajstić information content (AvgIpc) is 2.84. The average molecular weight is 288 g/mol. The first kappa shape index (κ1) is 14.1. The second-order valence-corrected chi connectivity index (χ2v) is 5.50. The largest absolute Gasteiger partial charge is 0.453 e. The maximum atomic E-state index is 12.4. The molecule has 1 saturated heterocycles. The van der Waals surface area contributed by atoms with Crippen LogP contribution < -0.4 is 0 Å². The Morgan fingerprint density at radius 1 is 1.24 bits per heavy atom. The van der Waals surface area contributed by atoms with E-state index in [0.717, 1.165) is 38.3 Å². The zero-order chi connectivity index (χ0) is 14.8. The lowest BCUT2D eigenvalue weighted by Gasteiger charge is -2.34. The molecule has 0 saturated carbocycles. The van der Waals surface area contributed by atoms with Gasteiger partial charge in [-0.15, -0.1) is 0 Å². The number of rotatable bonds is 3. The smallest absolute Gasteiger partial charge is 0.339 e. The second-order valence-electron chi connectivity index (χ2n) is 5.50. The number of nitrogens with zero attached hydrogens (tertiary/aromatic N) is 2. The van der Waals surface area contributed by atoms with Gasteiger partial charge in [0, 0.05) is 31.7 Å². The van der Waals surface area contributed by atoms with Gasteiger partial charge >= 0.3 is 5.97 Å². The molecule has 21 heavy (non-hydrogen) atoms. The molecule has 0 radical (unpaired) electrons. The number of esters is 1. The molecule has 3 rings (SSSR count). The van der Waals surface area contributed by atoms with Crippen LogP contribution in [0.4, 0.5) is 0 Å². The number of benzene rings is 1. The van der Waals surface area contributed by atoms with Crippen LogP contribution in [0.3, 0.4) is 0 Å². The third-order valence-corrected chi connectivity index (χ3v) is 4.31. The Balaban J connectivity index is 1.63. The quantitative estimate of drug-likeness (QED) is 0.790. The van der Waals surface area contributed by atoms with Crippen molar-refractivity contribution < 1.29 is 14.3 Å². The van der Waals surface area contributed by atoms with Crippen LogP contribution in [0.15, 0.2) is 24.3 Å². The minimum Gasteiger partial charge on any atom is -0.453 e. The number of carbonyl (C=O) groups excluding carboxylic acids is 2. The Labute approximate surface area is 124 Å². The molecule has 0 N–H and O–H groups in total. The second kappa shape index (κ2) is 5.85. The number of hydrogen-bond donors (Lipinski definition) is 0. The van der Waals surface area contributed by atoms with Gasteiger partial charge < -0.3 is 14.5 Å². The van der Waals surface area contributed by atoms with E-state index in [9.17, 15) is 9.59 Å². The van der Waals surface area contributed by atoms with E-state index in [1.54, 1.807) is 6.07 Å². The number of hydrogen-bond acceptors (Lipinski definition) is 4. The maximum absolute atomic E-state index is 12.4. The van der Waals surface area contributed by atoms with Gasteiger partial charge in [-0.25, -0.2) is 4.79 Å². The van der Waals surface area contributed by atoms with Crippen LogP contribution in [-0.4, -0.2) is 54.4 Å². The number of cyclic esters (lactones) is 1. The highest BCUT2D eigenvalue weighted by molar-refractivity contribution is 5.94. The van der Waals surface area contributed by atoms with Crippen molar-refractivity contribution in [3.8, 4) is 0 Å². The number of amides is 1.